The summed E-state index contributed by atoms with van der Waals surface area (Å²) in [6.45, 7) is 0. The summed E-state index contributed by atoms with van der Waals surface area (Å²) in [5, 5.41) is 0.805. The number of ether oxygens (including phenoxy) is 1. The highest BCUT2D eigenvalue weighted by Crippen LogP contribution is 2.28. The number of nitrogens with two attached hydrogens (primary N) is 2. The molecule has 2 aromatic heterocycles. The molecule has 0 amide bonds. The van der Waals surface area contributed by atoms with E-state index in [2.05, 4.69) is 15.0 Å². The molecule has 1 aromatic carbocycles. The van der Waals surface area contributed by atoms with Crippen molar-refractivity contribution in [1.29, 1.82) is 0 Å². The van der Waals surface area contributed by atoms with E-state index in [9.17, 15) is 0 Å². The van der Waals surface area contributed by atoms with Crippen LogP contribution in [0, 0.1) is 0 Å². The molecule has 0 aliphatic rings. The van der Waals surface area contributed by atoms with Crippen LogP contribution in [0.15, 0.2) is 36.8 Å². The van der Waals surface area contributed by atoms with Crippen LogP contribution in [0.1, 0.15) is 0 Å². The van der Waals surface area contributed by atoms with E-state index in [0.29, 0.717) is 17.4 Å². The number of benzene rings is 1. The molecule has 6 nitrogen and oxygen atoms in total. The number of anilines is 2. The Balaban J connectivity index is 2.14. The molecule has 0 spiro atoms. The van der Waals surface area contributed by atoms with Gasteiger partial charge in [-0.3, -0.25) is 0 Å². The van der Waals surface area contributed by atoms with Gasteiger partial charge < -0.3 is 16.2 Å². The summed E-state index contributed by atoms with van der Waals surface area (Å²) in [4.78, 5) is 12.3. The van der Waals surface area contributed by atoms with E-state index >= 15 is 0 Å². The smallest absolute Gasteiger partial charge is 0.236 e. The molecule has 6 heteroatoms. The molecule has 20 heavy (non-hydrogen) atoms. The highest BCUT2D eigenvalue weighted by atomic mass is 16.5. The number of fused-ring (bicyclic) bond motifs is 1. The lowest BCUT2D eigenvalue weighted by Gasteiger charge is -2.07. The van der Waals surface area contributed by atoms with Gasteiger partial charge in [0.1, 0.15) is 12.1 Å². The number of pyridine rings is 1. The van der Waals surface area contributed by atoms with Gasteiger partial charge in [-0.1, -0.05) is 6.07 Å². The number of nitrogen functional groups attached to an aromatic ring is 2. The average Bonchev–Trinajstić information content (AvgIpc) is 2.47. The summed E-state index contributed by atoms with van der Waals surface area (Å²) < 4.78 is 5.05. The van der Waals surface area contributed by atoms with Gasteiger partial charge in [0.05, 0.1) is 18.3 Å². The van der Waals surface area contributed by atoms with Crippen molar-refractivity contribution in [3.05, 3.63) is 36.8 Å². The maximum absolute atomic E-state index is 5.87. The highest BCUT2D eigenvalue weighted by molar-refractivity contribution is 5.91. The summed E-state index contributed by atoms with van der Waals surface area (Å²) in [6, 6.07) is 7.57. The van der Waals surface area contributed by atoms with Crippen molar-refractivity contribution in [2.45, 2.75) is 0 Å². The normalized spacial score (nSPS) is 10.7. The summed E-state index contributed by atoms with van der Waals surface area (Å²) in [7, 11) is 1.53. The Bertz CT molecular complexity index is 788. The second-order valence-corrected chi connectivity index (χ2v) is 4.31. The van der Waals surface area contributed by atoms with Crippen molar-refractivity contribution in [2.75, 3.05) is 18.6 Å². The zero-order chi connectivity index (χ0) is 14.1. The zero-order valence-electron chi connectivity index (χ0n) is 10.9. The quantitative estimate of drug-likeness (QED) is 0.735. The van der Waals surface area contributed by atoms with Crippen molar-refractivity contribution in [3.63, 3.8) is 0 Å². The molecule has 0 atom stereocenters. The lowest BCUT2D eigenvalue weighted by molar-refractivity contribution is 0.400. The van der Waals surface area contributed by atoms with Gasteiger partial charge >= 0.3 is 0 Å². The monoisotopic (exact) mass is 267 g/mol. The van der Waals surface area contributed by atoms with E-state index in [0.717, 1.165) is 22.0 Å². The topological polar surface area (TPSA) is 99.9 Å². The van der Waals surface area contributed by atoms with Crippen LogP contribution >= 0.6 is 0 Å². The predicted molar refractivity (Wildman–Crippen MR) is 78.1 cm³/mol. The minimum absolute atomic E-state index is 0.414. The fraction of sp³-hybridized carbons (Fsp3) is 0.0714. The van der Waals surface area contributed by atoms with Crippen molar-refractivity contribution >= 4 is 22.4 Å². The van der Waals surface area contributed by atoms with Crippen LogP contribution in [0.2, 0.25) is 0 Å². The molecule has 0 unspecified atom stereocenters. The third-order valence-corrected chi connectivity index (χ3v) is 3.07. The molecule has 0 saturated carbocycles. The Morgan fingerprint density at radius 1 is 1.00 bits per heavy atom. The van der Waals surface area contributed by atoms with Gasteiger partial charge in [-0.2, -0.15) is 0 Å². The molecular formula is C14H13N5O. The predicted octanol–water partition coefficient (Wildman–Crippen LogP) is 1.86. The molecule has 0 bridgehead atoms. The van der Waals surface area contributed by atoms with Crippen LogP contribution in [0.4, 0.5) is 11.5 Å². The minimum Gasteiger partial charge on any atom is -0.480 e. The lowest BCUT2D eigenvalue weighted by atomic mass is 10.0. The molecule has 4 N–H and O–H groups in total. The minimum atomic E-state index is 0.414. The van der Waals surface area contributed by atoms with Crippen molar-refractivity contribution in [1.82, 2.24) is 15.0 Å². The average molecular weight is 267 g/mol. The van der Waals surface area contributed by atoms with Crippen LogP contribution in [0.25, 0.3) is 22.0 Å². The number of hydrogen-bond acceptors (Lipinski definition) is 6. The zero-order valence-corrected chi connectivity index (χ0v) is 10.9. The van der Waals surface area contributed by atoms with E-state index in [1.165, 1.54) is 13.4 Å². The standard InChI is InChI=1S/C14H13N5O/c1-20-14-11(15)5-9(6-17-14)8-2-3-12-10(4-8)13(16)19-7-18-12/h2-7H,15H2,1H3,(H2,16,18,19). The third-order valence-electron chi connectivity index (χ3n) is 3.07. The van der Waals surface area contributed by atoms with E-state index in [1.54, 1.807) is 6.20 Å². The number of rotatable bonds is 2. The summed E-state index contributed by atoms with van der Waals surface area (Å²) in [5.74, 6) is 0.865. The molecule has 0 aliphatic carbocycles. The number of methoxy groups -OCH3 is 1. The SMILES string of the molecule is COc1ncc(-c2ccc3ncnc(N)c3c2)cc1N. The largest absolute Gasteiger partial charge is 0.480 e. The molecule has 0 aliphatic heterocycles. The fourth-order valence-electron chi connectivity index (χ4n) is 2.05. The van der Waals surface area contributed by atoms with Gasteiger partial charge in [0.25, 0.3) is 0 Å². The number of hydrogen-bond donors (Lipinski definition) is 2. The van der Waals surface area contributed by atoms with Gasteiger partial charge in [0.2, 0.25) is 5.88 Å². The summed E-state index contributed by atoms with van der Waals surface area (Å²) in [5.41, 5.74) is 14.9. The number of nitrogens with zero attached hydrogens (tertiary/aromatic N) is 3. The molecule has 3 aromatic rings. The first-order valence-electron chi connectivity index (χ1n) is 5.99. The molecule has 3 rings (SSSR count). The maximum atomic E-state index is 5.87. The Kier molecular flexibility index (Phi) is 2.83. The molecule has 0 radical (unpaired) electrons. The van der Waals surface area contributed by atoms with Crippen LogP contribution < -0.4 is 16.2 Å². The van der Waals surface area contributed by atoms with Gasteiger partial charge in [0, 0.05) is 17.1 Å². The van der Waals surface area contributed by atoms with E-state index < -0.39 is 0 Å². The third kappa shape index (κ3) is 1.97. The van der Waals surface area contributed by atoms with Crippen LogP contribution in [-0.2, 0) is 0 Å². The fourth-order valence-corrected chi connectivity index (χ4v) is 2.05. The summed E-state index contributed by atoms with van der Waals surface area (Å²) in [6.07, 6.45) is 3.15. The molecule has 0 saturated heterocycles. The van der Waals surface area contributed by atoms with Gasteiger partial charge in [-0.15, -0.1) is 0 Å². The highest BCUT2D eigenvalue weighted by Gasteiger charge is 2.07. The Morgan fingerprint density at radius 2 is 1.85 bits per heavy atom. The molecule has 100 valence electrons. The van der Waals surface area contributed by atoms with Crippen LogP contribution in [0.3, 0.4) is 0 Å². The van der Waals surface area contributed by atoms with Crippen molar-refractivity contribution < 1.29 is 4.74 Å². The molecule has 0 fully saturated rings. The second kappa shape index (κ2) is 4.65. The molecular weight excluding hydrogens is 254 g/mol. The van der Waals surface area contributed by atoms with Crippen LogP contribution in [0.5, 0.6) is 5.88 Å². The Labute approximate surface area is 115 Å². The second-order valence-electron chi connectivity index (χ2n) is 4.31. The van der Waals surface area contributed by atoms with Crippen molar-refractivity contribution in [2.24, 2.45) is 0 Å². The molecule has 2 heterocycles. The first-order chi connectivity index (χ1) is 9.69. The van der Waals surface area contributed by atoms with Crippen molar-refractivity contribution in [3.8, 4) is 17.0 Å². The Morgan fingerprint density at radius 3 is 2.60 bits per heavy atom. The lowest BCUT2D eigenvalue weighted by Crippen LogP contribution is -1.96. The van der Waals surface area contributed by atoms with Gasteiger partial charge in [-0.05, 0) is 23.8 Å². The van der Waals surface area contributed by atoms with E-state index in [4.69, 9.17) is 16.2 Å². The first kappa shape index (κ1) is 12.2. The first-order valence-corrected chi connectivity index (χ1v) is 5.99. The van der Waals surface area contributed by atoms with Gasteiger partial charge in [-0.25, -0.2) is 15.0 Å². The Hall–Kier alpha value is -2.89. The van der Waals surface area contributed by atoms with E-state index in [-0.39, 0.29) is 0 Å². The summed E-state index contributed by atoms with van der Waals surface area (Å²) >= 11 is 0. The van der Waals surface area contributed by atoms with Crippen LogP contribution in [-0.4, -0.2) is 22.1 Å². The maximum Gasteiger partial charge on any atom is 0.236 e. The van der Waals surface area contributed by atoms with Gasteiger partial charge in [0.15, 0.2) is 0 Å². The van der Waals surface area contributed by atoms with E-state index in [1.807, 2.05) is 24.3 Å². The number of aromatic nitrogens is 3.